The van der Waals surface area contributed by atoms with Crippen LogP contribution >= 0.6 is 24.0 Å². The molecule has 1 unspecified atom stereocenters. The molecule has 0 amide bonds. The topological polar surface area (TPSA) is 66.3 Å². The van der Waals surface area contributed by atoms with Gasteiger partial charge in [0.1, 0.15) is 11.9 Å². The Kier molecular flexibility index (Phi) is 10.4. The van der Waals surface area contributed by atoms with Crippen LogP contribution in [-0.2, 0) is 4.74 Å². The van der Waals surface area contributed by atoms with Gasteiger partial charge in [0.25, 0.3) is 0 Å². The van der Waals surface area contributed by atoms with Gasteiger partial charge in [0.2, 0.25) is 0 Å². The molecule has 0 spiro atoms. The monoisotopic (exact) mass is 503 g/mol. The van der Waals surface area contributed by atoms with E-state index in [-0.39, 0.29) is 30.1 Å². The fourth-order valence-electron chi connectivity index (χ4n) is 3.20. The molecule has 1 aromatic rings. The molecule has 158 valence electrons. The molecule has 2 fully saturated rings. The van der Waals surface area contributed by atoms with Gasteiger partial charge in [-0.3, -0.25) is 4.99 Å². The smallest absolute Gasteiger partial charge is 0.194 e. The molecular weight excluding hydrogens is 469 g/mol. The maximum atomic E-state index is 10.1. The number of nitrogens with one attached hydrogen (secondary N) is 1. The summed E-state index contributed by atoms with van der Waals surface area (Å²) in [5.41, 5.74) is 0. The van der Waals surface area contributed by atoms with Gasteiger partial charge >= 0.3 is 0 Å². The molecule has 2 aliphatic rings. The van der Waals surface area contributed by atoms with Crippen LogP contribution in [0.2, 0.25) is 0 Å². The summed E-state index contributed by atoms with van der Waals surface area (Å²) in [6, 6.07) is 10.0. The summed E-state index contributed by atoms with van der Waals surface area (Å²) in [6.45, 7) is 6.19. The first-order valence-corrected chi connectivity index (χ1v) is 10.3. The van der Waals surface area contributed by atoms with Gasteiger partial charge in [-0.25, -0.2) is 0 Å². The third kappa shape index (κ3) is 8.13. The summed E-state index contributed by atoms with van der Waals surface area (Å²) in [6.07, 6.45) is 4.16. The summed E-state index contributed by atoms with van der Waals surface area (Å²) in [7, 11) is 0. The van der Waals surface area contributed by atoms with Gasteiger partial charge in [-0.05, 0) is 37.8 Å². The second-order valence-electron chi connectivity index (χ2n) is 7.45. The van der Waals surface area contributed by atoms with E-state index in [0.717, 1.165) is 56.7 Å². The van der Waals surface area contributed by atoms with Gasteiger partial charge in [0.05, 0.1) is 19.3 Å². The lowest BCUT2D eigenvalue weighted by Crippen LogP contribution is -2.47. The van der Waals surface area contributed by atoms with E-state index in [0.29, 0.717) is 13.2 Å². The van der Waals surface area contributed by atoms with E-state index in [1.165, 1.54) is 12.8 Å². The van der Waals surface area contributed by atoms with E-state index in [1.807, 2.05) is 30.3 Å². The summed E-state index contributed by atoms with van der Waals surface area (Å²) >= 11 is 0. The first kappa shape index (κ1) is 23.2. The van der Waals surface area contributed by atoms with E-state index in [9.17, 15) is 5.11 Å². The number of halogens is 1. The number of guanidine groups is 1. The number of rotatable bonds is 9. The van der Waals surface area contributed by atoms with E-state index < -0.39 is 6.10 Å². The van der Waals surface area contributed by atoms with Crippen molar-refractivity contribution in [3.63, 3.8) is 0 Å². The van der Waals surface area contributed by atoms with E-state index in [1.54, 1.807) is 0 Å². The summed E-state index contributed by atoms with van der Waals surface area (Å²) < 4.78 is 11.6. The predicted octanol–water partition coefficient (Wildman–Crippen LogP) is 2.90. The zero-order valence-electron chi connectivity index (χ0n) is 16.8. The number of para-hydroxylation sites is 1. The van der Waals surface area contributed by atoms with Crippen molar-refractivity contribution in [3.8, 4) is 5.75 Å². The molecule has 1 saturated heterocycles. The Bertz CT molecular complexity index is 576. The van der Waals surface area contributed by atoms with Crippen LogP contribution in [0.5, 0.6) is 5.75 Å². The van der Waals surface area contributed by atoms with Crippen LogP contribution in [0.3, 0.4) is 0 Å². The summed E-state index contributed by atoms with van der Waals surface area (Å²) in [4.78, 5) is 6.88. The molecule has 28 heavy (non-hydrogen) atoms. The highest BCUT2D eigenvalue weighted by Crippen LogP contribution is 2.28. The summed E-state index contributed by atoms with van der Waals surface area (Å²) in [5.74, 6) is 2.53. The molecule has 0 bridgehead atoms. The minimum Gasteiger partial charge on any atom is -0.490 e. The normalized spacial score (nSPS) is 19.1. The van der Waals surface area contributed by atoms with Crippen LogP contribution < -0.4 is 10.1 Å². The number of ether oxygens (including phenoxy) is 2. The average Bonchev–Trinajstić information content (AvgIpc) is 3.51. The standard InChI is InChI=1S/C21H33N3O3.HI/c1-2-22-21(23-14-18(25)16-26-15-17-8-9-17)24-12-10-20(11-13-24)27-19-6-4-3-5-7-19;/h3-7,17-18,20,25H,2,8-16H2,1H3,(H,22,23);1H. The lowest BCUT2D eigenvalue weighted by molar-refractivity contribution is 0.0366. The van der Waals surface area contributed by atoms with Crippen LogP contribution in [0.15, 0.2) is 35.3 Å². The Morgan fingerprint density at radius 1 is 1.21 bits per heavy atom. The number of aliphatic hydroxyl groups excluding tert-OH is 1. The van der Waals surface area contributed by atoms with Crippen molar-refractivity contribution < 1.29 is 14.6 Å². The van der Waals surface area contributed by atoms with Crippen molar-refractivity contribution in [3.05, 3.63) is 30.3 Å². The van der Waals surface area contributed by atoms with Gasteiger partial charge in [-0.1, -0.05) is 18.2 Å². The van der Waals surface area contributed by atoms with Crippen molar-refractivity contribution in [2.45, 2.75) is 44.8 Å². The van der Waals surface area contributed by atoms with Crippen molar-refractivity contribution >= 4 is 29.9 Å². The highest BCUT2D eigenvalue weighted by Gasteiger charge is 2.23. The molecule has 0 aromatic heterocycles. The number of hydrogen-bond acceptors (Lipinski definition) is 4. The fraction of sp³-hybridized carbons (Fsp3) is 0.667. The number of aliphatic imine (C=N–C) groups is 1. The van der Waals surface area contributed by atoms with E-state index in [4.69, 9.17) is 9.47 Å². The van der Waals surface area contributed by atoms with E-state index in [2.05, 4.69) is 22.1 Å². The Morgan fingerprint density at radius 3 is 2.57 bits per heavy atom. The number of nitrogens with zero attached hydrogens (tertiary/aromatic N) is 2. The van der Waals surface area contributed by atoms with Crippen LogP contribution in [0, 0.1) is 5.92 Å². The third-order valence-electron chi connectivity index (χ3n) is 4.93. The molecule has 6 nitrogen and oxygen atoms in total. The summed E-state index contributed by atoms with van der Waals surface area (Å²) in [5, 5.41) is 13.4. The van der Waals surface area contributed by atoms with E-state index >= 15 is 0 Å². The van der Waals surface area contributed by atoms with Gasteiger partial charge in [-0.2, -0.15) is 0 Å². The van der Waals surface area contributed by atoms with Gasteiger partial charge in [0.15, 0.2) is 5.96 Å². The molecule has 2 N–H and O–H groups in total. The van der Waals surface area contributed by atoms with Crippen LogP contribution in [0.4, 0.5) is 0 Å². The Hall–Kier alpha value is -1.06. The molecule has 1 heterocycles. The highest BCUT2D eigenvalue weighted by molar-refractivity contribution is 14.0. The van der Waals surface area contributed by atoms with Crippen molar-refractivity contribution in [1.82, 2.24) is 10.2 Å². The molecule has 0 radical (unpaired) electrons. The molecule has 1 aliphatic heterocycles. The average molecular weight is 503 g/mol. The maximum absolute atomic E-state index is 10.1. The van der Waals surface area contributed by atoms with Crippen molar-refractivity contribution in [2.24, 2.45) is 10.9 Å². The molecule has 1 atom stereocenters. The van der Waals surface area contributed by atoms with Crippen molar-refractivity contribution in [2.75, 3.05) is 39.4 Å². The Balaban J connectivity index is 0.00000280. The van der Waals surface area contributed by atoms with Crippen molar-refractivity contribution in [1.29, 1.82) is 0 Å². The molecule has 3 rings (SSSR count). The fourth-order valence-corrected chi connectivity index (χ4v) is 3.20. The molecule has 7 heteroatoms. The van der Waals surface area contributed by atoms with Gasteiger partial charge in [-0.15, -0.1) is 24.0 Å². The van der Waals surface area contributed by atoms with Crippen LogP contribution in [0.25, 0.3) is 0 Å². The minimum atomic E-state index is -0.545. The Morgan fingerprint density at radius 2 is 1.93 bits per heavy atom. The maximum Gasteiger partial charge on any atom is 0.194 e. The number of benzene rings is 1. The van der Waals surface area contributed by atoms with Crippen LogP contribution in [0.1, 0.15) is 32.6 Å². The number of piperidine rings is 1. The zero-order chi connectivity index (χ0) is 18.9. The second kappa shape index (κ2) is 12.5. The molecular formula is C21H34IN3O3. The third-order valence-corrected chi connectivity index (χ3v) is 4.93. The quantitative estimate of drug-likeness (QED) is 0.308. The molecule has 1 saturated carbocycles. The number of aliphatic hydroxyl groups is 1. The lowest BCUT2D eigenvalue weighted by atomic mass is 10.1. The second-order valence-corrected chi connectivity index (χ2v) is 7.45. The number of likely N-dealkylation sites (tertiary alicyclic amines) is 1. The SMILES string of the molecule is CCNC(=NCC(O)COCC1CC1)N1CCC(Oc2ccccc2)CC1.I. The number of hydrogen-bond donors (Lipinski definition) is 2. The minimum absolute atomic E-state index is 0. The van der Waals surface area contributed by atoms with Crippen LogP contribution in [-0.4, -0.2) is 67.6 Å². The molecule has 1 aromatic carbocycles. The largest absolute Gasteiger partial charge is 0.490 e. The molecule has 1 aliphatic carbocycles. The first-order chi connectivity index (χ1) is 13.2. The van der Waals surface area contributed by atoms with Gasteiger partial charge in [0, 0.05) is 39.1 Å². The lowest BCUT2D eigenvalue weighted by Gasteiger charge is -2.34. The zero-order valence-corrected chi connectivity index (χ0v) is 19.1. The highest BCUT2D eigenvalue weighted by atomic mass is 127. The first-order valence-electron chi connectivity index (χ1n) is 10.3. The van der Waals surface area contributed by atoms with Gasteiger partial charge < -0.3 is 24.8 Å². The predicted molar refractivity (Wildman–Crippen MR) is 123 cm³/mol. The Labute approximate surface area is 185 Å².